The van der Waals surface area contributed by atoms with E-state index in [1.54, 1.807) is 14.1 Å². The molecule has 1 aromatic rings. The molecule has 0 aromatic carbocycles. The van der Waals surface area contributed by atoms with Gasteiger partial charge in [0.15, 0.2) is 5.13 Å². The Bertz CT molecular complexity index is 696. The van der Waals surface area contributed by atoms with Gasteiger partial charge < -0.3 is 36.3 Å². The monoisotopic (exact) mass is 534 g/mol. The second-order valence-corrected chi connectivity index (χ2v) is 6.83. The summed E-state index contributed by atoms with van der Waals surface area (Å²) in [7, 11) is 4.64. The Kier molecular flexibility index (Phi) is 35.5. The van der Waals surface area contributed by atoms with E-state index in [0.29, 0.717) is 23.2 Å². The van der Waals surface area contributed by atoms with Crippen molar-refractivity contribution >= 4 is 53.5 Å². The van der Waals surface area contributed by atoms with Crippen LogP contribution in [0, 0.1) is 0 Å². The van der Waals surface area contributed by atoms with Crippen LogP contribution in [0.2, 0.25) is 0 Å². The number of thiazole rings is 1. The van der Waals surface area contributed by atoms with Crippen LogP contribution in [0.3, 0.4) is 0 Å². The fourth-order valence-electron chi connectivity index (χ4n) is 1.51. The van der Waals surface area contributed by atoms with E-state index in [1.807, 2.05) is 13.8 Å². The van der Waals surface area contributed by atoms with Gasteiger partial charge in [-0.25, -0.2) is 4.98 Å². The highest BCUT2D eigenvalue weighted by Crippen LogP contribution is 2.13. The fourth-order valence-corrected chi connectivity index (χ4v) is 2.20. The molecule has 199 valence electrons. The minimum atomic E-state index is -0.515. The molecule has 35 heavy (non-hydrogen) atoms. The number of nitrogens with two attached hydrogens (primary N) is 2. The number of anilines is 1. The number of amides is 2. The predicted molar refractivity (Wildman–Crippen MR) is 142 cm³/mol. The number of nitrogens with one attached hydrogen (secondary N) is 2. The lowest BCUT2D eigenvalue weighted by Gasteiger charge is -1.91. The third kappa shape index (κ3) is 31.4. The molecule has 0 aliphatic carbocycles. The van der Waals surface area contributed by atoms with Gasteiger partial charge in [-0.3, -0.25) is 14.4 Å². The van der Waals surface area contributed by atoms with Gasteiger partial charge in [0.2, 0.25) is 11.1 Å². The van der Waals surface area contributed by atoms with Crippen LogP contribution in [0.1, 0.15) is 36.4 Å². The maximum atomic E-state index is 10.8. The highest BCUT2D eigenvalue weighted by molar-refractivity contribution is 7.17. The average Bonchev–Trinajstić information content (AvgIpc) is 3.56. The number of nitrogen functional groups attached to an aromatic ring is 1. The number of carbonyl (C=O) groups is 3. The van der Waals surface area contributed by atoms with Gasteiger partial charge in [0.25, 0.3) is 5.91 Å². The molecule has 14 heteroatoms. The number of likely N-dealkylation sites (N-methyl/N-ethyl adjacent to an activating group) is 1. The molecule has 3 radical (unpaired) electrons. The molecule has 6 N–H and O–H groups in total. The van der Waals surface area contributed by atoms with Crippen LogP contribution in [0.15, 0.2) is 30.9 Å². The summed E-state index contributed by atoms with van der Waals surface area (Å²) in [6.45, 7) is 6.82. The molecule has 0 bridgehead atoms. The number of rotatable bonds is 7. The molecule has 2 heterocycles. The minimum Gasteiger partial charge on any atom is -0.501 e. The lowest BCUT2D eigenvalue weighted by molar-refractivity contribution is -0.116. The van der Waals surface area contributed by atoms with Gasteiger partial charge in [-0.2, -0.15) is 0 Å². The van der Waals surface area contributed by atoms with Crippen molar-refractivity contribution in [1.29, 1.82) is 0 Å². The maximum Gasteiger partial charge on any atom is 0.262 e. The van der Waals surface area contributed by atoms with E-state index < -0.39 is 5.24 Å². The van der Waals surface area contributed by atoms with Gasteiger partial charge in [-0.1, -0.05) is 11.3 Å². The molecule has 1 aliphatic heterocycles. The third-order valence-corrected chi connectivity index (χ3v) is 3.94. The van der Waals surface area contributed by atoms with Crippen LogP contribution in [0.4, 0.5) is 5.13 Å². The fraction of sp³-hybridized carbons (Fsp3) is 0.524. The largest absolute Gasteiger partial charge is 0.501 e. The highest BCUT2D eigenvalue weighted by atomic mass is 35.5. The van der Waals surface area contributed by atoms with Gasteiger partial charge in [-0.05, 0) is 45.3 Å². The van der Waals surface area contributed by atoms with Crippen molar-refractivity contribution < 1.29 is 28.6 Å². The minimum absolute atomic E-state index is 0. The standard InChI is InChI=1S/C6H11NO2.C5H7ClO2.C5H7N3OS.C4H8O.CH5N.B/c1-3-9-5-4-6(8)7-2;1-2-8-4-3-5(6)7;1-7-4(9)3-2-8-5(6)10-3;1-2-4-5-3-1;1-2;/h4-5H,3H2,1-2H3,(H,7,8);3-4H,2H2,1H3;2H,1H3,(H2,6,8)(H,7,9);1-4H2;2H2,1H3;/b5-4+;4-3+;;;;. The Morgan fingerprint density at radius 2 is 1.60 bits per heavy atom. The topological polar surface area (TPSA) is 168 Å². The number of ether oxygens (including phenoxy) is 3. The molecule has 0 spiro atoms. The number of halogens is 1. The molecule has 11 nitrogen and oxygen atoms in total. The van der Waals surface area contributed by atoms with Gasteiger partial charge in [-0.15, -0.1) is 0 Å². The summed E-state index contributed by atoms with van der Waals surface area (Å²) in [5.41, 5.74) is 9.80. The molecule has 2 rings (SSSR count). The number of hydrogen-bond donors (Lipinski definition) is 4. The number of aromatic nitrogens is 1. The van der Waals surface area contributed by atoms with E-state index in [4.69, 9.17) is 26.8 Å². The first kappa shape index (κ1) is 39.6. The van der Waals surface area contributed by atoms with Crippen LogP contribution in [0.5, 0.6) is 0 Å². The summed E-state index contributed by atoms with van der Waals surface area (Å²) in [6, 6.07) is 0. The second-order valence-electron chi connectivity index (χ2n) is 5.40. The van der Waals surface area contributed by atoms with Crippen molar-refractivity contribution in [3.05, 3.63) is 35.8 Å². The van der Waals surface area contributed by atoms with Crippen LogP contribution in [-0.2, 0) is 23.8 Å². The lowest BCUT2D eigenvalue weighted by atomic mass is 10.4. The summed E-state index contributed by atoms with van der Waals surface area (Å²) in [4.78, 5) is 35.4. The zero-order chi connectivity index (χ0) is 26.6. The Morgan fingerprint density at radius 1 is 1.09 bits per heavy atom. The van der Waals surface area contributed by atoms with E-state index in [0.717, 1.165) is 19.3 Å². The normalized spacial score (nSPS) is 10.9. The molecule has 2 amide bonds. The molecule has 1 aliphatic rings. The van der Waals surface area contributed by atoms with E-state index in [1.165, 1.54) is 56.0 Å². The van der Waals surface area contributed by atoms with E-state index in [2.05, 4.69) is 26.1 Å². The van der Waals surface area contributed by atoms with Crippen LogP contribution in [-0.4, -0.2) is 78.0 Å². The van der Waals surface area contributed by atoms with Crippen molar-refractivity contribution in [3.63, 3.8) is 0 Å². The third-order valence-electron chi connectivity index (χ3n) is 2.99. The number of allylic oxidation sites excluding steroid dienone is 1. The number of nitrogens with zero attached hydrogens (tertiary/aromatic N) is 1. The summed E-state index contributed by atoms with van der Waals surface area (Å²) in [5, 5.41) is 4.79. The van der Waals surface area contributed by atoms with Gasteiger partial charge in [0.1, 0.15) is 4.88 Å². The molecule has 1 saturated heterocycles. The van der Waals surface area contributed by atoms with Gasteiger partial charge in [0, 0.05) is 47.9 Å². The van der Waals surface area contributed by atoms with Crippen molar-refractivity contribution in [3.8, 4) is 0 Å². The van der Waals surface area contributed by atoms with E-state index in [9.17, 15) is 14.4 Å². The number of hydrogen-bond acceptors (Lipinski definition) is 10. The van der Waals surface area contributed by atoms with E-state index >= 15 is 0 Å². The Labute approximate surface area is 219 Å². The van der Waals surface area contributed by atoms with Crippen LogP contribution >= 0.6 is 22.9 Å². The predicted octanol–water partition coefficient (Wildman–Crippen LogP) is 1.66. The first-order valence-corrected chi connectivity index (χ1v) is 11.6. The SMILES string of the molecule is C1CCOC1.CCO/C=C/C(=O)Cl.CCO/C=C/C(=O)NC.CN.CNC(=O)c1cnc(N)s1.[B]. The van der Waals surface area contributed by atoms with Crippen molar-refractivity contribution in [2.75, 3.05) is 53.3 Å². The van der Waals surface area contributed by atoms with E-state index in [-0.39, 0.29) is 20.2 Å². The summed E-state index contributed by atoms with van der Waals surface area (Å²) in [6.07, 6.45) is 9.15. The second kappa shape index (κ2) is 31.4. The summed E-state index contributed by atoms with van der Waals surface area (Å²) >= 11 is 6.08. The molecule has 1 fully saturated rings. The summed E-state index contributed by atoms with van der Waals surface area (Å²) in [5.74, 6) is -0.294. The van der Waals surface area contributed by atoms with Crippen molar-refractivity contribution in [2.24, 2.45) is 5.73 Å². The van der Waals surface area contributed by atoms with Gasteiger partial charge in [0.05, 0.1) is 31.9 Å². The lowest BCUT2D eigenvalue weighted by Crippen LogP contribution is -2.16. The zero-order valence-corrected chi connectivity index (χ0v) is 22.6. The Balaban J connectivity index is -0.000000180. The molecular weight excluding hydrogens is 497 g/mol. The van der Waals surface area contributed by atoms with Crippen LogP contribution in [0.25, 0.3) is 0 Å². The molecule has 0 saturated carbocycles. The Morgan fingerprint density at radius 3 is 1.91 bits per heavy atom. The quantitative estimate of drug-likeness (QED) is 0.176. The van der Waals surface area contributed by atoms with Crippen molar-refractivity contribution in [1.82, 2.24) is 15.6 Å². The van der Waals surface area contributed by atoms with Crippen molar-refractivity contribution in [2.45, 2.75) is 26.7 Å². The highest BCUT2D eigenvalue weighted by Gasteiger charge is 2.05. The Hall–Kier alpha value is -2.61. The van der Waals surface area contributed by atoms with Gasteiger partial charge >= 0.3 is 0 Å². The molecule has 1 aromatic heterocycles. The first-order chi connectivity index (χ1) is 16.3. The maximum absolute atomic E-state index is 10.8. The van der Waals surface area contributed by atoms with Crippen LogP contribution < -0.4 is 22.1 Å². The smallest absolute Gasteiger partial charge is 0.262 e. The molecule has 0 atom stereocenters. The summed E-state index contributed by atoms with van der Waals surface area (Å²) < 4.78 is 14.4. The zero-order valence-electron chi connectivity index (χ0n) is 21.0. The molecule has 0 unspecified atom stereocenters. The average molecular weight is 535 g/mol. The molecular formula is C21H38BClN5O6S. The first-order valence-electron chi connectivity index (χ1n) is 10.4. The number of carbonyl (C=O) groups excluding carboxylic acids is 3.